The number of aryl methyl sites for hydroxylation is 1. The molecule has 1 aromatic rings. The second-order valence-corrected chi connectivity index (χ2v) is 3.63. The van der Waals surface area contributed by atoms with Crippen LogP contribution in [0.5, 0.6) is 0 Å². The Balaban J connectivity index is 0. The van der Waals surface area contributed by atoms with Gasteiger partial charge in [-0.25, -0.2) is 0 Å². The molecule has 1 atom stereocenters. The molecule has 1 aromatic carbocycles. The van der Waals surface area contributed by atoms with Crippen LogP contribution in [0.3, 0.4) is 0 Å². The number of para-hydroxylation sites is 1. The minimum absolute atomic E-state index is 0.694. The van der Waals surface area contributed by atoms with Gasteiger partial charge in [0, 0.05) is 18.8 Å². The summed E-state index contributed by atoms with van der Waals surface area (Å²) < 4.78 is 0. The molecule has 0 bridgehead atoms. The molecule has 0 aliphatic carbocycles. The first-order chi connectivity index (χ1) is 8.79. The first-order valence-electron chi connectivity index (χ1n) is 7.60. The van der Waals surface area contributed by atoms with E-state index in [1.165, 1.54) is 24.1 Å². The number of benzene rings is 1. The van der Waals surface area contributed by atoms with Gasteiger partial charge in [-0.3, -0.25) is 0 Å². The molecule has 0 fully saturated rings. The summed E-state index contributed by atoms with van der Waals surface area (Å²) in [5.41, 5.74) is 2.91. The fraction of sp³-hybridized carbons (Fsp3) is 0.647. The number of hydrogen-bond donors (Lipinski definition) is 0. The topological polar surface area (TPSA) is 3.24 Å². The lowest BCUT2D eigenvalue weighted by atomic mass is 9.97. The number of hydrogen-bond acceptors (Lipinski definition) is 1. The van der Waals surface area contributed by atoms with Crippen LogP contribution in [0, 0.1) is 0 Å². The standard InChI is InChI=1S/C11H15N.3C2H6/c1-9-7-8-10-5-3-4-6-11(10)12(9)2;3*1-2/h3-6,9H,7-8H2,1-2H3;3*1-2H3. The molecular formula is C17H33N. The highest BCUT2D eigenvalue weighted by atomic mass is 15.1. The van der Waals surface area contributed by atoms with E-state index in [0.717, 1.165) is 0 Å². The maximum atomic E-state index is 2.37. The predicted octanol–water partition coefficient (Wildman–Crippen LogP) is 5.54. The molecule has 0 spiro atoms. The third-order valence-corrected chi connectivity index (χ3v) is 2.86. The van der Waals surface area contributed by atoms with Gasteiger partial charge < -0.3 is 4.90 Å². The summed E-state index contributed by atoms with van der Waals surface area (Å²) in [4.78, 5) is 2.37. The molecule has 0 saturated heterocycles. The fourth-order valence-corrected chi connectivity index (χ4v) is 1.86. The van der Waals surface area contributed by atoms with Gasteiger partial charge in [0.1, 0.15) is 0 Å². The molecule has 0 saturated carbocycles. The Kier molecular flexibility index (Phi) is 13.4. The van der Waals surface area contributed by atoms with Crippen molar-refractivity contribution >= 4 is 5.69 Å². The highest BCUT2D eigenvalue weighted by Gasteiger charge is 2.18. The van der Waals surface area contributed by atoms with Crippen molar-refractivity contribution in [2.45, 2.75) is 67.3 Å². The monoisotopic (exact) mass is 251 g/mol. The summed E-state index contributed by atoms with van der Waals surface area (Å²) in [5, 5.41) is 0. The van der Waals surface area contributed by atoms with Gasteiger partial charge in [-0.15, -0.1) is 0 Å². The SMILES string of the molecule is CC.CC.CC.CC1CCc2ccccc2N1C. The molecule has 18 heavy (non-hydrogen) atoms. The Hall–Kier alpha value is -0.980. The van der Waals surface area contributed by atoms with Crippen LogP contribution in [0.2, 0.25) is 0 Å². The summed E-state index contributed by atoms with van der Waals surface area (Å²) >= 11 is 0. The molecule has 2 rings (SSSR count). The predicted molar refractivity (Wildman–Crippen MR) is 86.7 cm³/mol. The van der Waals surface area contributed by atoms with Crippen LogP contribution >= 0.6 is 0 Å². The molecule has 106 valence electrons. The molecule has 1 heteroatoms. The van der Waals surface area contributed by atoms with E-state index in [4.69, 9.17) is 0 Å². The molecule has 0 amide bonds. The van der Waals surface area contributed by atoms with Gasteiger partial charge in [-0.1, -0.05) is 59.7 Å². The molecule has 0 aromatic heterocycles. The van der Waals surface area contributed by atoms with Gasteiger partial charge >= 0.3 is 0 Å². The molecule has 1 aliphatic heterocycles. The van der Waals surface area contributed by atoms with Crippen molar-refractivity contribution in [3.8, 4) is 0 Å². The van der Waals surface area contributed by atoms with Crippen LogP contribution in [0.25, 0.3) is 0 Å². The summed E-state index contributed by atoms with van der Waals surface area (Å²) in [6.07, 6.45) is 2.52. The fourth-order valence-electron chi connectivity index (χ4n) is 1.86. The molecule has 1 aliphatic rings. The van der Waals surface area contributed by atoms with Gasteiger partial charge in [-0.05, 0) is 31.4 Å². The zero-order valence-electron chi connectivity index (χ0n) is 13.7. The van der Waals surface area contributed by atoms with Crippen molar-refractivity contribution in [1.29, 1.82) is 0 Å². The smallest absolute Gasteiger partial charge is 0.0398 e. The lowest BCUT2D eigenvalue weighted by molar-refractivity contribution is 0.598. The maximum absolute atomic E-state index is 2.37. The zero-order valence-corrected chi connectivity index (χ0v) is 13.7. The average molecular weight is 251 g/mol. The molecule has 0 radical (unpaired) electrons. The second kappa shape index (κ2) is 12.5. The van der Waals surface area contributed by atoms with Crippen LogP contribution in [0.1, 0.15) is 60.5 Å². The van der Waals surface area contributed by atoms with E-state index < -0.39 is 0 Å². The lowest BCUT2D eigenvalue weighted by Crippen LogP contribution is -2.33. The van der Waals surface area contributed by atoms with E-state index in [1.807, 2.05) is 41.5 Å². The van der Waals surface area contributed by atoms with Gasteiger partial charge in [0.25, 0.3) is 0 Å². The van der Waals surface area contributed by atoms with E-state index in [1.54, 1.807) is 0 Å². The van der Waals surface area contributed by atoms with Crippen molar-refractivity contribution in [3.05, 3.63) is 29.8 Å². The molecule has 1 heterocycles. The van der Waals surface area contributed by atoms with Gasteiger partial charge in [0.15, 0.2) is 0 Å². The van der Waals surface area contributed by atoms with E-state index in [9.17, 15) is 0 Å². The van der Waals surface area contributed by atoms with Crippen molar-refractivity contribution < 1.29 is 0 Å². The number of rotatable bonds is 0. The summed E-state index contributed by atoms with van der Waals surface area (Å²) in [6.45, 7) is 14.3. The van der Waals surface area contributed by atoms with Crippen molar-refractivity contribution in [3.63, 3.8) is 0 Å². The van der Waals surface area contributed by atoms with Crippen LogP contribution < -0.4 is 4.90 Å². The third kappa shape index (κ3) is 5.57. The normalized spacial score (nSPS) is 15.8. The summed E-state index contributed by atoms with van der Waals surface area (Å²) in [7, 11) is 2.18. The van der Waals surface area contributed by atoms with Gasteiger partial charge in [0.05, 0.1) is 0 Å². The minimum Gasteiger partial charge on any atom is -0.372 e. The van der Waals surface area contributed by atoms with Crippen LogP contribution in [0.4, 0.5) is 5.69 Å². The minimum atomic E-state index is 0.694. The summed E-state index contributed by atoms with van der Waals surface area (Å²) in [5.74, 6) is 0. The zero-order chi connectivity index (χ0) is 14.6. The number of anilines is 1. The highest BCUT2D eigenvalue weighted by molar-refractivity contribution is 5.55. The molecule has 0 N–H and O–H groups in total. The maximum Gasteiger partial charge on any atom is 0.0398 e. The van der Waals surface area contributed by atoms with Gasteiger partial charge in [0.2, 0.25) is 0 Å². The van der Waals surface area contributed by atoms with Crippen LogP contribution in [-0.4, -0.2) is 13.1 Å². The van der Waals surface area contributed by atoms with E-state index in [0.29, 0.717) is 6.04 Å². The quantitative estimate of drug-likeness (QED) is 0.585. The van der Waals surface area contributed by atoms with Gasteiger partial charge in [-0.2, -0.15) is 0 Å². The Morgan fingerprint density at radius 1 is 0.944 bits per heavy atom. The van der Waals surface area contributed by atoms with Crippen LogP contribution in [0.15, 0.2) is 24.3 Å². The van der Waals surface area contributed by atoms with E-state index >= 15 is 0 Å². The Labute approximate surface area is 115 Å². The Morgan fingerprint density at radius 3 is 2.00 bits per heavy atom. The molecular weight excluding hydrogens is 218 g/mol. The average Bonchev–Trinajstić information content (AvgIpc) is 2.49. The highest BCUT2D eigenvalue weighted by Crippen LogP contribution is 2.28. The van der Waals surface area contributed by atoms with Crippen molar-refractivity contribution in [2.24, 2.45) is 0 Å². The van der Waals surface area contributed by atoms with Crippen molar-refractivity contribution in [1.82, 2.24) is 0 Å². The summed E-state index contributed by atoms with van der Waals surface area (Å²) in [6, 6.07) is 9.39. The first kappa shape index (κ1) is 19.4. The lowest BCUT2D eigenvalue weighted by Gasteiger charge is -2.33. The Bertz CT molecular complexity index is 281. The van der Waals surface area contributed by atoms with E-state index in [-0.39, 0.29) is 0 Å². The first-order valence-corrected chi connectivity index (χ1v) is 7.60. The van der Waals surface area contributed by atoms with Crippen LogP contribution in [-0.2, 0) is 6.42 Å². The molecule has 1 nitrogen and oxygen atoms in total. The largest absolute Gasteiger partial charge is 0.372 e. The Morgan fingerprint density at radius 2 is 1.44 bits per heavy atom. The second-order valence-electron chi connectivity index (χ2n) is 3.63. The number of nitrogens with zero attached hydrogens (tertiary/aromatic N) is 1. The van der Waals surface area contributed by atoms with Crippen molar-refractivity contribution in [2.75, 3.05) is 11.9 Å². The van der Waals surface area contributed by atoms with E-state index in [2.05, 4.69) is 43.1 Å². The molecule has 1 unspecified atom stereocenters. The number of fused-ring (bicyclic) bond motifs is 1. The third-order valence-electron chi connectivity index (χ3n) is 2.86.